The van der Waals surface area contributed by atoms with E-state index < -0.39 is 17.8 Å². The van der Waals surface area contributed by atoms with Crippen LogP contribution in [0.3, 0.4) is 0 Å². The van der Waals surface area contributed by atoms with Crippen LogP contribution in [0.4, 0.5) is 13.2 Å². The number of hydrogen-bond acceptors (Lipinski definition) is 2. The van der Waals surface area contributed by atoms with Gasteiger partial charge in [0.25, 0.3) is 0 Å². The predicted octanol–water partition coefficient (Wildman–Crippen LogP) is 4.57. The van der Waals surface area contributed by atoms with Crippen molar-refractivity contribution in [3.05, 3.63) is 71.3 Å². The van der Waals surface area contributed by atoms with Gasteiger partial charge in [0.05, 0.1) is 5.56 Å². The van der Waals surface area contributed by atoms with E-state index in [1.807, 2.05) is 19.9 Å². The lowest BCUT2D eigenvalue weighted by molar-refractivity contribution is -0.137. The van der Waals surface area contributed by atoms with Gasteiger partial charge in [-0.25, -0.2) is 0 Å². The summed E-state index contributed by atoms with van der Waals surface area (Å²) in [4.78, 5) is 26.7. The first-order valence-corrected chi connectivity index (χ1v) is 9.33. The van der Waals surface area contributed by atoms with E-state index in [9.17, 15) is 22.8 Å². The summed E-state index contributed by atoms with van der Waals surface area (Å²) in [6.07, 6.45) is -4.11. The van der Waals surface area contributed by atoms with E-state index in [1.54, 1.807) is 31.3 Å². The van der Waals surface area contributed by atoms with Gasteiger partial charge in [-0.05, 0) is 29.2 Å². The van der Waals surface area contributed by atoms with Gasteiger partial charge >= 0.3 is 6.18 Å². The Morgan fingerprint density at radius 3 is 2.10 bits per heavy atom. The minimum atomic E-state index is -4.40. The molecule has 2 rings (SSSR count). The SMILES string of the molecule is CC(C)CC(=O)NC(C(=O)N(C)Cc1ccc(C(F)(F)F)cc1)c1ccccc1. The normalized spacial score (nSPS) is 12.5. The smallest absolute Gasteiger partial charge is 0.341 e. The molecule has 0 bridgehead atoms. The van der Waals surface area contributed by atoms with Gasteiger partial charge in [-0.3, -0.25) is 9.59 Å². The Labute approximate surface area is 168 Å². The number of carbonyl (C=O) groups is 2. The van der Waals surface area contributed by atoms with Crippen LogP contribution in [0.5, 0.6) is 0 Å². The Morgan fingerprint density at radius 1 is 1.00 bits per heavy atom. The highest BCUT2D eigenvalue weighted by Crippen LogP contribution is 2.29. The van der Waals surface area contributed by atoms with Crippen molar-refractivity contribution in [2.75, 3.05) is 7.05 Å². The fraction of sp³-hybridized carbons (Fsp3) is 0.364. The number of hydrogen-bond donors (Lipinski definition) is 1. The van der Waals surface area contributed by atoms with E-state index in [0.717, 1.165) is 12.1 Å². The van der Waals surface area contributed by atoms with E-state index in [-0.39, 0.29) is 24.3 Å². The molecule has 4 nitrogen and oxygen atoms in total. The number of rotatable bonds is 7. The lowest BCUT2D eigenvalue weighted by Gasteiger charge is -2.25. The van der Waals surface area contributed by atoms with Crippen LogP contribution in [0, 0.1) is 5.92 Å². The molecule has 29 heavy (non-hydrogen) atoms. The summed E-state index contributed by atoms with van der Waals surface area (Å²) in [6.45, 7) is 3.95. The van der Waals surface area contributed by atoms with Gasteiger partial charge in [0.2, 0.25) is 11.8 Å². The molecule has 2 aromatic rings. The Morgan fingerprint density at radius 2 is 1.59 bits per heavy atom. The Bertz CT molecular complexity index is 818. The quantitative estimate of drug-likeness (QED) is 0.732. The third-order valence-corrected chi connectivity index (χ3v) is 4.36. The molecule has 0 saturated heterocycles. The van der Waals surface area contributed by atoms with Crippen LogP contribution in [-0.4, -0.2) is 23.8 Å². The fourth-order valence-corrected chi connectivity index (χ4v) is 2.90. The minimum Gasteiger partial charge on any atom is -0.341 e. The summed E-state index contributed by atoms with van der Waals surface area (Å²) in [5, 5.41) is 2.78. The van der Waals surface area contributed by atoms with Crippen LogP contribution in [0.15, 0.2) is 54.6 Å². The molecule has 2 aromatic carbocycles. The first-order valence-electron chi connectivity index (χ1n) is 9.33. The molecule has 1 N–H and O–H groups in total. The fourth-order valence-electron chi connectivity index (χ4n) is 2.90. The van der Waals surface area contributed by atoms with Crippen molar-refractivity contribution >= 4 is 11.8 Å². The van der Waals surface area contributed by atoms with Crippen LogP contribution >= 0.6 is 0 Å². The van der Waals surface area contributed by atoms with E-state index in [1.165, 1.54) is 17.0 Å². The first-order chi connectivity index (χ1) is 13.6. The molecule has 0 saturated carbocycles. The van der Waals surface area contributed by atoms with Crippen LogP contribution in [0.25, 0.3) is 0 Å². The third-order valence-electron chi connectivity index (χ3n) is 4.36. The van der Waals surface area contributed by atoms with Crippen molar-refractivity contribution in [2.24, 2.45) is 5.92 Å². The highest BCUT2D eigenvalue weighted by atomic mass is 19.4. The molecule has 0 fully saturated rings. The van der Waals surface area contributed by atoms with E-state index in [2.05, 4.69) is 5.32 Å². The van der Waals surface area contributed by atoms with Crippen molar-refractivity contribution < 1.29 is 22.8 Å². The van der Waals surface area contributed by atoms with Crippen LogP contribution in [0.2, 0.25) is 0 Å². The first kappa shape index (κ1) is 22.5. The average molecular weight is 406 g/mol. The molecule has 0 aromatic heterocycles. The van der Waals surface area contributed by atoms with Crippen LogP contribution < -0.4 is 5.32 Å². The van der Waals surface area contributed by atoms with Gasteiger partial charge < -0.3 is 10.2 Å². The number of halogens is 3. The van der Waals surface area contributed by atoms with Crippen molar-refractivity contribution in [3.63, 3.8) is 0 Å². The largest absolute Gasteiger partial charge is 0.416 e. The molecule has 1 atom stereocenters. The second-order valence-corrected chi connectivity index (χ2v) is 7.40. The molecule has 0 aliphatic rings. The lowest BCUT2D eigenvalue weighted by Crippen LogP contribution is -2.41. The van der Waals surface area contributed by atoms with E-state index >= 15 is 0 Å². The maximum atomic E-state index is 13.0. The number of nitrogens with zero attached hydrogens (tertiary/aromatic N) is 1. The molecule has 0 aliphatic heterocycles. The van der Waals surface area contributed by atoms with Gasteiger partial charge in [0, 0.05) is 20.0 Å². The lowest BCUT2D eigenvalue weighted by atomic mass is 10.0. The second-order valence-electron chi connectivity index (χ2n) is 7.40. The number of nitrogens with one attached hydrogen (secondary N) is 1. The van der Waals surface area contributed by atoms with Gasteiger partial charge in [-0.2, -0.15) is 13.2 Å². The highest BCUT2D eigenvalue weighted by molar-refractivity contribution is 5.88. The minimum absolute atomic E-state index is 0.125. The molecule has 0 spiro atoms. The molecule has 7 heteroatoms. The molecule has 0 radical (unpaired) electrons. The summed E-state index contributed by atoms with van der Waals surface area (Å²) in [7, 11) is 1.56. The summed E-state index contributed by atoms with van der Waals surface area (Å²) in [6, 6.07) is 12.7. The Hall–Kier alpha value is -2.83. The second kappa shape index (κ2) is 9.58. The standard InChI is InChI=1S/C22H25F3N2O2/c1-15(2)13-19(28)26-20(17-7-5-4-6-8-17)21(29)27(3)14-16-9-11-18(12-10-16)22(23,24)25/h4-12,15,20H,13-14H2,1-3H3,(H,26,28). The topological polar surface area (TPSA) is 49.4 Å². The predicted molar refractivity (Wildman–Crippen MR) is 105 cm³/mol. The number of likely N-dealkylation sites (N-methyl/N-ethyl adjacent to an activating group) is 1. The number of alkyl halides is 3. The number of amides is 2. The molecule has 0 heterocycles. The van der Waals surface area contributed by atoms with Crippen LogP contribution in [-0.2, 0) is 22.3 Å². The zero-order valence-electron chi connectivity index (χ0n) is 16.7. The third kappa shape index (κ3) is 6.62. The molecular weight excluding hydrogens is 381 g/mol. The highest BCUT2D eigenvalue weighted by Gasteiger charge is 2.30. The summed E-state index contributed by atoms with van der Waals surface area (Å²) in [5.41, 5.74) is 0.474. The number of carbonyl (C=O) groups excluding carboxylic acids is 2. The van der Waals surface area contributed by atoms with Gasteiger partial charge in [-0.1, -0.05) is 56.3 Å². The molecule has 2 amide bonds. The maximum absolute atomic E-state index is 13.0. The van der Waals surface area contributed by atoms with Gasteiger partial charge in [-0.15, -0.1) is 0 Å². The van der Waals surface area contributed by atoms with Crippen molar-refractivity contribution in [1.29, 1.82) is 0 Å². The Kier molecular flexibility index (Phi) is 7.42. The zero-order chi connectivity index (χ0) is 21.6. The van der Waals surface area contributed by atoms with Crippen molar-refractivity contribution in [1.82, 2.24) is 10.2 Å². The summed E-state index contributed by atoms with van der Waals surface area (Å²) < 4.78 is 38.1. The van der Waals surface area contributed by atoms with Crippen LogP contribution in [0.1, 0.15) is 43.0 Å². The monoisotopic (exact) mass is 406 g/mol. The molecule has 1 unspecified atom stereocenters. The maximum Gasteiger partial charge on any atom is 0.416 e. The summed E-state index contributed by atoms with van der Waals surface area (Å²) in [5.74, 6) is -0.426. The Balaban J connectivity index is 2.15. The number of benzene rings is 2. The van der Waals surface area contributed by atoms with E-state index in [4.69, 9.17) is 0 Å². The average Bonchev–Trinajstić information content (AvgIpc) is 2.65. The van der Waals surface area contributed by atoms with Crippen molar-refractivity contribution in [3.8, 4) is 0 Å². The zero-order valence-corrected chi connectivity index (χ0v) is 16.7. The van der Waals surface area contributed by atoms with E-state index in [0.29, 0.717) is 17.5 Å². The summed E-state index contributed by atoms with van der Waals surface area (Å²) >= 11 is 0. The van der Waals surface area contributed by atoms with Gasteiger partial charge in [0.1, 0.15) is 6.04 Å². The molecular formula is C22H25F3N2O2. The molecule has 0 aliphatic carbocycles. The molecule has 156 valence electrons. The van der Waals surface area contributed by atoms with Gasteiger partial charge in [0.15, 0.2) is 0 Å². The van der Waals surface area contributed by atoms with Crippen molar-refractivity contribution in [2.45, 2.75) is 39.0 Å².